The monoisotopic (exact) mass is 201 g/mol. The van der Waals surface area contributed by atoms with E-state index in [0.717, 1.165) is 0 Å². The molecule has 2 unspecified atom stereocenters. The van der Waals surface area contributed by atoms with Crippen LogP contribution in [0.15, 0.2) is 0 Å². The summed E-state index contributed by atoms with van der Waals surface area (Å²) in [7, 11) is 0. The van der Waals surface area contributed by atoms with E-state index in [1.165, 1.54) is 0 Å². The highest BCUT2D eigenvalue weighted by Crippen LogP contribution is 2.00. The summed E-state index contributed by atoms with van der Waals surface area (Å²) in [6, 6.07) is 0. The molecule has 0 aromatic heterocycles. The maximum atomic E-state index is 12.3. The van der Waals surface area contributed by atoms with Crippen LogP contribution in [0.2, 0.25) is 0 Å². The van der Waals surface area contributed by atoms with Crippen LogP contribution in [0.1, 0.15) is 0 Å². The molecule has 0 aromatic carbocycles. The smallest absolute Gasteiger partial charge is 0.209 e. The predicted octanol–water partition coefficient (Wildman–Crippen LogP) is 1.06. The van der Waals surface area contributed by atoms with Gasteiger partial charge in [0, 0.05) is 0 Å². The number of hydrogen-bond acceptors (Lipinski definition) is 1. The summed E-state index contributed by atoms with van der Waals surface area (Å²) in [6.07, 6.45) is -3.50. The maximum Gasteiger partial charge on any atom is 0.209 e. The van der Waals surface area contributed by atoms with E-state index >= 15 is 0 Å². The first-order valence-corrected chi connectivity index (χ1v) is 3.73. The van der Waals surface area contributed by atoms with Gasteiger partial charge in [0.05, 0.1) is 13.1 Å². The molecule has 0 fully saturated rings. The SMILES string of the molecule is O=CN(CC(F)CF)CC(F)CF. The Bertz CT molecular complexity index is 134. The second-order valence-corrected chi connectivity index (χ2v) is 2.56. The molecule has 0 saturated carbocycles. The quantitative estimate of drug-likeness (QED) is 0.445. The van der Waals surface area contributed by atoms with Gasteiger partial charge in [-0.25, -0.2) is 17.6 Å². The molecule has 1 amide bonds. The summed E-state index contributed by atoms with van der Waals surface area (Å²) in [5.74, 6) is 0. The van der Waals surface area contributed by atoms with E-state index in [0.29, 0.717) is 4.90 Å². The molecule has 78 valence electrons. The third kappa shape index (κ3) is 5.43. The topological polar surface area (TPSA) is 20.3 Å². The first kappa shape index (κ1) is 12.2. The van der Waals surface area contributed by atoms with Crippen molar-refractivity contribution in [1.29, 1.82) is 0 Å². The highest BCUT2D eigenvalue weighted by molar-refractivity contribution is 5.47. The molecule has 0 aliphatic carbocycles. The van der Waals surface area contributed by atoms with Gasteiger partial charge in [-0.3, -0.25) is 4.79 Å². The zero-order chi connectivity index (χ0) is 10.3. The Labute approximate surface area is 73.5 Å². The summed E-state index contributed by atoms with van der Waals surface area (Å²) in [4.78, 5) is 10.8. The number of nitrogens with zero attached hydrogens (tertiary/aromatic N) is 1. The molecule has 0 radical (unpaired) electrons. The number of carbonyl (C=O) groups excluding carboxylic acids is 1. The van der Waals surface area contributed by atoms with Crippen LogP contribution in [0.25, 0.3) is 0 Å². The molecule has 0 aromatic rings. The molecule has 0 rings (SSSR count). The van der Waals surface area contributed by atoms with Gasteiger partial charge in [0.25, 0.3) is 0 Å². The minimum absolute atomic E-state index is 0.171. The zero-order valence-electron chi connectivity index (χ0n) is 6.93. The average Bonchev–Trinajstić information content (AvgIpc) is 2.16. The van der Waals surface area contributed by atoms with E-state index in [1.807, 2.05) is 0 Å². The summed E-state index contributed by atoms with van der Waals surface area (Å²) >= 11 is 0. The third-order valence-corrected chi connectivity index (χ3v) is 1.35. The van der Waals surface area contributed by atoms with Crippen LogP contribution in [-0.2, 0) is 4.79 Å². The summed E-state index contributed by atoms with van der Waals surface area (Å²) in [5.41, 5.74) is 0. The lowest BCUT2D eigenvalue weighted by Gasteiger charge is -2.19. The largest absolute Gasteiger partial charge is 0.339 e. The van der Waals surface area contributed by atoms with Gasteiger partial charge < -0.3 is 4.90 Å². The van der Waals surface area contributed by atoms with Crippen LogP contribution in [0, 0.1) is 0 Å². The van der Waals surface area contributed by atoms with Crippen molar-refractivity contribution in [2.45, 2.75) is 12.3 Å². The van der Waals surface area contributed by atoms with Gasteiger partial charge in [-0.1, -0.05) is 0 Å². The lowest BCUT2D eigenvalue weighted by Crippen LogP contribution is -2.35. The van der Waals surface area contributed by atoms with E-state index in [-0.39, 0.29) is 6.41 Å². The Balaban J connectivity index is 3.81. The van der Waals surface area contributed by atoms with Crippen LogP contribution in [0.3, 0.4) is 0 Å². The molecule has 13 heavy (non-hydrogen) atoms. The maximum absolute atomic E-state index is 12.3. The molecule has 0 aliphatic heterocycles. The lowest BCUT2D eigenvalue weighted by molar-refractivity contribution is -0.119. The van der Waals surface area contributed by atoms with E-state index in [2.05, 4.69) is 0 Å². The van der Waals surface area contributed by atoms with Gasteiger partial charge in [-0.2, -0.15) is 0 Å². The predicted molar refractivity (Wildman–Crippen MR) is 39.4 cm³/mol. The number of amides is 1. The number of alkyl halides is 4. The number of halogens is 4. The van der Waals surface area contributed by atoms with Crippen molar-refractivity contribution in [2.75, 3.05) is 26.4 Å². The minimum atomic E-state index is -1.84. The Morgan fingerprint density at radius 3 is 1.69 bits per heavy atom. The van der Waals surface area contributed by atoms with Crippen molar-refractivity contribution < 1.29 is 22.4 Å². The Hall–Kier alpha value is -0.810. The van der Waals surface area contributed by atoms with E-state index in [4.69, 9.17) is 0 Å². The summed E-state index contributed by atoms with van der Waals surface area (Å²) in [6.45, 7) is -3.56. The second kappa shape index (κ2) is 6.68. The molecule has 0 heterocycles. The van der Waals surface area contributed by atoms with Gasteiger partial charge in [0.2, 0.25) is 6.41 Å². The standard InChI is InChI=1S/C7H11F4NO/c8-1-6(10)3-12(5-13)4-7(11)2-9/h5-7H,1-4H2. The van der Waals surface area contributed by atoms with Crippen molar-refractivity contribution in [3.8, 4) is 0 Å². The average molecular weight is 201 g/mol. The third-order valence-electron chi connectivity index (χ3n) is 1.35. The van der Waals surface area contributed by atoms with Crippen molar-refractivity contribution in [2.24, 2.45) is 0 Å². The minimum Gasteiger partial charge on any atom is -0.339 e. The molecule has 0 saturated heterocycles. The van der Waals surface area contributed by atoms with Gasteiger partial charge in [0.15, 0.2) is 0 Å². The first-order chi connectivity index (χ1) is 6.13. The van der Waals surface area contributed by atoms with E-state index in [9.17, 15) is 22.4 Å². The van der Waals surface area contributed by atoms with Gasteiger partial charge in [-0.15, -0.1) is 0 Å². The number of rotatable bonds is 7. The molecular formula is C7H11F4NO. The van der Waals surface area contributed by atoms with Crippen molar-refractivity contribution in [3.05, 3.63) is 0 Å². The molecule has 6 heteroatoms. The van der Waals surface area contributed by atoms with Crippen molar-refractivity contribution in [1.82, 2.24) is 4.90 Å². The zero-order valence-corrected chi connectivity index (χ0v) is 6.93. The Morgan fingerprint density at radius 1 is 1.08 bits per heavy atom. The molecule has 0 N–H and O–H groups in total. The molecule has 0 spiro atoms. The molecule has 2 atom stereocenters. The van der Waals surface area contributed by atoms with Gasteiger partial charge in [-0.05, 0) is 0 Å². The summed E-state index contributed by atoms with van der Waals surface area (Å²) in [5, 5.41) is 0. The normalized spacial score (nSPS) is 15.1. The molecule has 0 bridgehead atoms. The molecular weight excluding hydrogens is 190 g/mol. The van der Waals surface area contributed by atoms with Crippen molar-refractivity contribution in [3.63, 3.8) is 0 Å². The fourth-order valence-electron chi connectivity index (χ4n) is 0.767. The molecule has 2 nitrogen and oxygen atoms in total. The lowest BCUT2D eigenvalue weighted by atomic mass is 10.3. The Morgan fingerprint density at radius 2 is 1.46 bits per heavy atom. The highest BCUT2D eigenvalue weighted by Gasteiger charge is 2.15. The van der Waals surface area contributed by atoms with Gasteiger partial charge >= 0.3 is 0 Å². The highest BCUT2D eigenvalue weighted by atomic mass is 19.2. The van der Waals surface area contributed by atoms with Crippen molar-refractivity contribution >= 4 is 6.41 Å². The summed E-state index contributed by atoms with van der Waals surface area (Å²) < 4.78 is 47.9. The van der Waals surface area contributed by atoms with Gasteiger partial charge in [0.1, 0.15) is 25.7 Å². The van der Waals surface area contributed by atoms with E-state index < -0.39 is 38.8 Å². The number of hydrogen-bond donors (Lipinski definition) is 0. The van der Waals surface area contributed by atoms with Crippen LogP contribution >= 0.6 is 0 Å². The van der Waals surface area contributed by atoms with Crippen LogP contribution in [0.4, 0.5) is 17.6 Å². The van der Waals surface area contributed by atoms with Crippen LogP contribution in [-0.4, -0.2) is 50.1 Å². The molecule has 0 aliphatic rings. The van der Waals surface area contributed by atoms with Crippen LogP contribution < -0.4 is 0 Å². The fourth-order valence-corrected chi connectivity index (χ4v) is 0.767. The van der Waals surface area contributed by atoms with E-state index in [1.54, 1.807) is 0 Å². The Kier molecular flexibility index (Phi) is 6.26. The number of carbonyl (C=O) groups is 1. The fraction of sp³-hybridized carbons (Fsp3) is 0.857. The van der Waals surface area contributed by atoms with Crippen LogP contribution in [0.5, 0.6) is 0 Å². The first-order valence-electron chi connectivity index (χ1n) is 3.73. The second-order valence-electron chi connectivity index (χ2n) is 2.56.